The van der Waals surface area contributed by atoms with Crippen molar-refractivity contribution in [2.24, 2.45) is 0 Å². The molecule has 1 amide bonds. The number of benzene rings is 3. The molecule has 0 unspecified atom stereocenters. The summed E-state index contributed by atoms with van der Waals surface area (Å²) in [4.78, 5) is 12.3. The second-order valence-corrected chi connectivity index (χ2v) is 7.92. The highest BCUT2D eigenvalue weighted by atomic mass is 32.2. The number of hydrogen-bond acceptors (Lipinski definition) is 4. The maximum Gasteiger partial charge on any atom is 0.265 e. The van der Waals surface area contributed by atoms with E-state index in [1.165, 1.54) is 43.5 Å². The summed E-state index contributed by atoms with van der Waals surface area (Å²) in [6.45, 7) is 1.89. The lowest BCUT2D eigenvalue weighted by atomic mass is 10.2. The third-order valence-electron chi connectivity index (χ3n) is 4.14. The first-order valence-corrected chi connectivity index (χ1v) is 10.1. The Morgan fingerprint density at radius 2 is 1.69 bits per heavy atom. The standard InChI is InChI=1S/C21H19FN2O4S/c1-14-7-10-16(11-8-14)24-29(26,27)20-13-15(9-12-19(20)28-2)21(25)23-18-6-4-3-5-17(18)22/h3-13,24H,1-2H3,(H,23,25). The molecule has 2 N–H and O–H groups in total. The van der Waals surface area contributed by atoms with Gasteiger partial charge in [0.2, 0.25) is 0 Å². The topological polar surface area (TPSA) is 84.5 Å². The summed E-state index contributed by atoms with van der Waals surface area (Å²) >= 11 is 0. The molecule has 0 aromatic heterocycles. The van der Waals surface area contributed by atoms with E-state index in [4.69, 9.17) is 4.74 Å². The van der Waals surface area contributed by atoms with Crippen LogP contribution in [0.2, 0.25) is 0 Å². The number of methoxy groups -OCH3 is 1. The number of aryl methyl sites for hydroxylation is 1. The fourth-order valence-corrected chi connectivity index (χ4v) is 3.87. The number of hydrogen-bond donors (Lipinski definition) is 2. The average molecular weight is 414 g/mol. The number of carbonyl (C=O) groups is 1. The zero-order chi connectivity index (χ0) is 21.0. The number of nitrogens with one attached hydrogen (secondary N) is 2. The Kier molecular flexibility index (Phi) is 5.84. The number of amides is 1. The van der Waals surface area contributed by atoms with Crippen molar-refractivity contribution in [1.29, 1.82) is 0 Å². The van der Waals surface area contributed by atoms with Crippen LogP contribution in [0.1, 0.15) is 15.9 Å². The molecule has 0 heterocycles. The summed E-state index contributed by atoms with van der Waals surface area (Å²) in [7, 11) is -2.70. The molecule has 0 aliphatic carbocycles. The van der Waals surface area contributed by atoms with E-state index in [9.17, 15) is 17.6 Å². The van der Waals surface area contributed by atoms with E-state index in [1.54, 1.807) is 30.3 Å². The maximum atomic E-state index is 13.8. The van der Waals surface area contributed by atoms with Gasteiger partial charge in [-0.05, 0) is 49.4 Å². The highest BCUT2D eigenvalue weighted by Crippen LogP contribution is 2.27. The molecule has 6 nitrogen and oxygen atoms in total. The average Bonchev–Trinajstić information content (AvgIpc) is 2.70. The molecule has 0 bridgehead atoms. The smallest absolute Gasteiger partial charge is 0.265 e. The monoisotopic (exact) mass is 414 g/mol. The van der Waals surface area contributed by atoms with Crippen LogP contribution in [-0.4, -0.2) is 21.4 Å². The van der Waals surface area contributed by atoms with Gasteiger partial charge in [-0.15, -0.1) is 0 Å². The van der Waals surface area contributed by atoms with Gasteiger partial charge in [0.25, 0.3) is 15.9 Å². The third kappa shape index (κ3) is 4.72. The zero-order valence-corrected chi connectivity index (χ0v) is 16.6. The van der Waals surface area contributed by atoms with Crippen molar-refractivity contribution >= 4 is 27.3 Å². The molecule has 3 aromatic carbocycles. The molecular formula is C21H19FN2O4S. The Bertz CT molecular complexity index is 1150. The van der Waals surface area contributed by atoms with E-state index < -0.39 is 21.7 Å². The van der Waals surface area contributed by atoms with Gasteiger partial charge in [0.05, 0.1) is 12.8 Å². The van der Waals surface area contributed by atoms with Crippen LogP contribution in [0.15, 0.2) is 71.6 Å². The second-order valence-electron chi connectivity index (χ2n) is 6.27. The van der Waals surface area contributed by atoms with Crippen molar-refractivity contribution in [3.05, 3.63) is 83.7 Å². The Morgan fingerprint density at radius 1 is 1.00 bits per heavy atom. The molecule has 0 saturated heterocycles. The van der Waals surface area contributed by atoms with Crippen molar-refractivity contribution in [1.82, 2.24) is 0 Å². The van der Waals surface area contributed by atoms with Gasteiger partial charge < -0.3 is 10.1 Å². The van der Waals surface area contributed by atoms with Crippen molar-refractivity contribution in [3.63, 3.8) is 0 Å². The summed E-state index contributed by atoms with van der Waals surface area (Å²) in [6.07, 6.45) is 0. The first-order chi connectivity index (χ1) is 13.8. The van der Waals surface area contributed by atoms with Crippen LogP contribution in [0.4, 0.5) is 15.8 Å². The molecule has 150 valence electrons. The lowest BCUT2D eigenvalue weighted by Crippen LogP contribution is -2.17. The van der Waals surface area contributed by atoms with Crippen LogP contribution in [0.3, 0.4) is 0 Å². The van der Waals surface area contributed by atoms with Crippen molar-refractivity contribution in [3.8, 4) is 5.75 Å². The van der Waals surface area contributed by atoms with Gasteiger partial charge in [-0.1, -0.05) is 29.8 Å². The Labute approximate surface area is 168 Å². The molecule has 0 radical (unpaired) electrons. The van der Waals surface area contributed by atoms with Gasteiger partial charge >= 0.3 is 0 Å². The first-order valence-electron chi connectivity index (χ1n) is 8.63. The number of anilines is 2. The Hall–Kier alpha value is -3.39. The predicted octanol–water partition coefficient (Wildman–Crippen LogP) is 4.20. The van der Waals surface area contributed by atoms with Gasteiger partial charge in [0.1, 0.15) is 16.5 Å². The van der Waals surface area contributed by atoms with Gasteiger partial charge in [0, 0.05) is 11.3 Å². The lowest BCUT2D eigenvalue weighted by Gasteiger charge is -2.13. The molecule has 0 saturated carbocycles. The summed E-state index contributed by atoms with van der Waals surface area (Å²) in [6, 6.07) is 16.5. The first kappa shape index (κ1) is 20.3. The number of halogens is 1. The van der Waals surface area contributed by atoms with Crippen molar-refractivity contribution in [2.75, 3.05) is 17.1 Å². The van der Waals surface area contributed by atoms with E-state index in [1.807, 2.05) is 6.92 Å². The third-order valence-corrected chi connectivity index (χ3v) is 5.54. The van der Waals surface area contributed by atoms with E-state index in [0.717, 1.165) is 5.56 Å². The second kappa shape index (κ2) is 8.32. The Morgan fingerprint density at radius 3 is 2.34 bits per heavy atom. The summed E-state index contributed by atoms with van der Waals surface area (Å²) < 4.78 is 47.1. The minimum atomic E-state index is -4.04. The molecule has 3 rings (SSSR count). The number of ether oxygens (including phenoxy) is 1. The molecule has 29 heavy (non-hydrogen) atoms. The molecule has 0 spiro atoms. The van der Waals surface area contributed by atoms with Crippen LogP contribution in [0.25, 0.3) is 0 Å². The molecule has 0 fully saturated rings. The van der Waals surface area contributed by atoms with Crippen LogP contribution >= 0.6 is 0 Å². The maximum absolute atomic E-state index is 13.8. The summed E-state index contributed by atoms with van der Waals surface area (Å²) in [5.74, 6) is -1.17. The quantitative estimate of drug-likeness (QED) is 0.633. The van der Waals surface area contributed by atoms with Gasteiger partial charge in [-0.25, -0.2) is 12.8 Å². The fourth-order valence-electron chi connectivity index (χ4n) is 2.62. The van der Waals surface area contributed by atoms with E-state index in [0.29, 0.717) is 5.69 Å². The number of para-hydroxylation sites is 1. The van der Waals surface area contributed by atoms with Gasteiger partial charge in [0.15, 0.2) is 0 Å². The van der Waals surface area contributed by atoms with Gasteiger partial charge in [-0.3, -0.25) is 9.52 Å². The largest absolute Gasteiger partial charge is 0.495 e. The van der Waals surface area contributed by atoms with Crippen LogP contribution in [0, 0.1) is 12.7 Å². The molecule has 3 aromatic rings. The lowest BCUT2D eigenvalue weighted by molar-refractivity contribution is 0.102. The summed E-state index contributed by atoms with van der Waals surface area (Å²) in [5.41, 5.74) is 1.39. The van der Waals surface area contributed by atoms with Crippen LogP contribution < -0.4 is 14.8 Å². The molecule has 0 aliphatic rings. The highest BCUT2D eigenvalue weighted by molar-refractivity contribution is 7.92. The molecular weight excluding hydrogens is 395 g/mol. The van der Waals surface area contributed by atoms with E-state index in [-0.39, 0.29) is 21.9 Å². The number of rotatable bonds is 6. The normalized spacial score (nSPS) is 11.0. The zero-order valence-electron chi connectivity index (χ0n) is 15.8. The Balaban J connectivity index is 1.93. The number of carbonyl (C=O) groups excluding carboxylic acids is 1. The SMILES string of the molecule is COc1ccc(C(=O)Nc2ccccc2F)cc1S(=O)(=O)Nc1ccc(C)cc1. The highest BCUT2D eigenvalue weighted by Gasteiger charge is 2.22. The molecule has 0 atom stereocenters. The van der Waals surface area contributed by atoms with E-state index >= 15 is 0 Å². The summed E-state index contributed by atoms with van der Waals surface area (Å²) in [5, 5.41) is 2.43. The fraction of sp³-hybridized carbons (Fsp3) is 0.0952. The van der Waals surface area contributed by atoms with Gasteiger partial charge in [-0.2, -0.15) is 0 Å². The van der Waals surface area contributed by atoms with Crippen molar-refractivity contribution < 1.29 is 22.3 Å². The molecule has 8 heteroatoms. The van der Waals surface area contributed by atoms with Crippen LogP contribution in [-0.2, 0) is 10.0 Å². The van der Waals surface area contributed by atoms with Crippen LogP contribution in [0.5, 0.6) is 5.75 Å². The predicted molar refractivity (Wildman–Crippen MR) is 109 cm³/mol. The van der Waals surface area contributed by atoms with E-state index in [2.05, 4.69) is 10.0 Å². The van der Waals surface area contributed by atoms with Crippen molar-refractivity contribution in [2.45, 2.75) is 11.8 Å². The minimum Gasteiger partial charge on any atom is -0.495 e. The molecule has 0 aliphatic heterocycles. The minimum absolute atomic E-state index is 0.00416. The number of sulfonamides is 1.